The minimum absolute atomic E-state index is 0.0967. The van der Waals surface area contributed by atoms with Crippen molar-refractivity contribution in [1.82, 2.24) is 20.1 Å². The summed E-state index contributed by atoms with van der Waals surface area (Å²) in [5.41, 5.74) is -0.0134. The number of nitrogens with one attached hydrogen (secondary N) is 1. The second kappa shape index (κ2) is 4.59. The summed E-state index contributed by atoms with van der Waals surface area (Å²) >= 11 is 0. The number of nitrogens with zero attached hydrogens (tertiary/aromatic N) is 3. The highest BCUT2D eigenvalue weighted by molar-refractivity contribution is 5.56. The number of fused-ring (bicyclic) bond motifs is 1. The molecule has 2 heterocycles. The van der Waals surface area contributed by atoms with Crippen LogP contribution >= 0.6 is 0 Å². The molecule has 0 fully saturated rings. The average molecular weight is 282 g/mol. The maximum absolute atomic E-state index is 12.5. The Morgan fingerprint density at radius 2 is 1.90 bits per heavy atom. The van der Waals surface area contributed by atoms with Crippen molar-refractivity contribution in [2.75, 3.05) is 6.54 Å². The summed E-state index contributed by atoms with van der Waals surface area (Å²) in [5.74, 6) is 1.42. The fourth-order valence-corrected chi connectivity index (χ4v) is 2.36. The predicted molar refractivity (Wildman–Crippen MR) is 66.9 cm³/mol. The maximum Gasteiger partial charge on any atom is 0.416 e. The molecule has 1 aromatic carbocycles. The third-order valence-corrected chi connectivity index (χ3v) is 3.42. The highest BCUT2D eigenvalue weighted by atomic mass is 19.4. The summed E-state index contributed by atoms with van der Waals surface area (Å²) in [5, 5.41) is 11.5. The Balaban J connectivity index is 1.98. The van der Waals surface area contributed by atoms with Gasteiger partial charge >= 0.3 is 6.18 Å². The Morgan fingerprint density at radius 1 is 1.20 bits per heavy atom. The maximum atomic E-state index is 12.5. The predicted octanol–water partition coefficient (Wildman–Crippen LogP) is 2.63. The van der Waals surface area contributed by atoms with Gasteiger partial charge in [0.2, 0.25) is 0 Å². The van der Waals surface area contributed by atoms with Crippen LogP contribution in [-0.2, 0) is 12.7 Å². The Bertz CT molecular complexity index is 616. The number of hydrogen-bond acceptors (Lipinski definition) is 3. The number of rotatable bonds is 1. The summed E-state index contributed by atoms with van der Waals surface area (Å²) < 4.78 is 39.6. The lowest BCUT2D eigenvalue weighted by Crippen LogP contribution is -2.32. The molecule has 1 aliphatic heterocycles. The number of alkyl halides is 3. The van der Waals surface area contributed by atoms with Crippen LogP contribution in [0.2, 0.25) is 0 Å². The molecular formula is C13H13F3N4. The first kappa shape index (κ1) is 13.1. The van der Waals surface area contributed by atoms with Crippen molar-refractivity contribution in [3.05, 3.63) is 35.7 Å². The van der Waals surface area contributed by atoms with Gasteiger partial charge in [-0.1, -0.05) is 12.1 Å². The molecule has 1 aromatic heterocycles. The molecule has 7 heteroatoms. The van der Waals surface area contributed by atoms with E-state index in [1.165, 1.54) is 12.1 Å². The SMILES string of the molecule is CC1NCCn2c(-c3ccc(C(F)(F)F)cc3)nnc21. The topological polar surface area (TPSA) is 42.7 Å². The van der Waals surface area contributed by atoms with E-state index in [1.807, 2.05) is 11.5 Å². The smallest absolute Gasteiger partial charge is 0.308 e. The van der Waals surface area contributed by atoms with Crippen LogP contribution in [0.5, 0.6) is 0 Å². The van der Waals surface area contributed by atoms with Crippen molar-refractivity contribution in [1.29, 1.82) is 0 Å². The molecule has 0 amide bonds. The highest BCUT2D eigenvalue weighted by Crippen LogP contribution is 2.31. The van der Waals surface area contributed by atoms with E-state index in [1.54, 1.807) is 0 Å². The van der Waals surface area contributed by atoms with Crippen LogP contribution < -0.4 is 5.32 Å². The van der Waals surface area contributed by atoms with Crippen molar-refractivity contribution in [2.24, 2.45) is 0 Å². The fraction of sp³-hybridized carbons (Fsp3) is 0.385. The standard InChI is InChI=1S/C13H13F3N4/c1-8-11-18-19-12(20(11)7-6-17-8)9-2-4-10(5-3-9)13(14,15)16/h2-5,8,17H,6-7H2,1H3. The molecule has 1 aliphatic rings. The number of halogens is 3. The van der Waals surface area contributed by atoms with Gasteiger partial charge in [-0.15, -0.1) is 10.2 Å². The van der Waals surface area contributed by atoms with E-state index in [9.17, 15) is 13.2 Å². The van der Waals surface area contributed by atoms with Crippen LogP contribution in [0.25, 0.3) is 11.4 Å². The van der Waals surface area contributed by atoms with Gasteiger partial charge in [-0.25, -0.2) is 0 Å². The van der Waals surface area contributed by atoms with Crippen LogP contribution in [0.1, 0.15) is 24.4 Å². The normalized spacial score (nSPS) is 18.9. The Hall–Kier alpha value is -1.89. The quantitative estimate of drug-likeness (QED) is 0.874. The van der Waals surface area contributed by atoms with Crippen LogP contribution in [0.15, 0.2) is 24.3 Å². The molecule has 1 unspecified atom stereocenters. The van der Waals surface area contributed by atoms with Crippen molar-refractivity contribution in [3.8, 4) is 11.4 Å². The minimum atomic E-state index is -4.32. The van der Waals surface area contributed by atoms with Crippen molar-refractivity contribution in [2.45, 2.75) is 25.7 Å². The lowest BCUT2D eigenvalue weighted by atomic mass is 10.1. The number of hydrogen-bond donors (Lipinski definition) is 1. The zero-order valence-corrected chi connectivity index (χ0v) is 10.8. The van der Waals surface area contributed by atoms with Crippen molar-refractivity contribution >= 4 is 0 Å². The van der Waals surface area contributed by atoms with Gasteiger partial charge in [0, 0.05) is 18.7 Å². The lowest BCUT2D eigenvalue weighted by Gasteiger charge is -2.22. The van der Waals surface area contributed by atoms with Gasteiger partial charge in [0.1, 0.15) is 5.82 Å². The van der Waals surface area contributed by atoms with E-state index >= 15 is 0 Å². The molecule has 2 aromatic rings. The molecule has 0 spiro atoms. The number of benzene rings is 1. The highest BCUT2D eigenvalue weighted by Gasteiger charge is 2.30. The molecule has 106 valence electrons. The minimum Gasteiger partial charge on any atom is -0.308 e. The fourth-order valence-electron chi connectivity index (χ4n) is 2.36. The van der Waals surface area contributed by atoms with Gasteiger partial charge in [0.25, 0.3) is 0 Å². The van der Waals surface area contributed by atoms with E-state index in [0.717, 1.165) is 24.5 Å². The molecule has 0 saturated heterocycles. The summed E-state index contributed by atoms with van der Waals surface area (Å²) in [4.78, 5) is 0. The molecule has 1 N–H and O–H groups in total. The Labute approximate surface area is 113 Å². The van der Waals surface area contributed by atoms with Gasteiger partial charge in [-0.05, 0) is 19.1 Å². The van der Waals surface area contributed by atoms with Gasteiger partial charge in [-0.2, -0.15) is 13.2 Å². The van der Waals surface area contributed by atoms with Crippen LogP contribution in [0, 0.1) is 0 Å². The van der Waals surface area contributed by atoms with Gasteiger partial charge in [0.05, 0.1) is 11.6 Å². The molecule has 0 radical (unpaired) electrons. The average Bonchev–Trinajstić information content (AvgIpc) is 2.83. The summed E-state index contributed by atoms with van der Waals surface area (Å²) in [7, 11) is 0. The molecule has 0 saturated carbocycles. The van der Waals surface area contributed by atoms with Gasteiger partial charge in [0.15, 0.2) is 5.82 Å². The van der Waals surface area contributed by atoms with Crippen LogP contribution in [0.3, 0.4) is 0 Å². The molecule has 4 nitrogen and oxygen atoms in total. The molecule has 0 aliphatic carbocycles. The second-order valence-corrected chi connectivity index (χ2v) is 4.78. The zero-order valence-electron chi connectivity index (χ0n) is 10.8. The van der Waals surface area contributed by atoms with E-state index in [-0.39, 0.29) is 6.04 Å². The Morgan fingerprint density at radius 3 is 2.55 bits per heavy atom. The van der Waals surface area contributed by atoms with E-state index in [2.05, 4.69) is 15.5 Å². The molecule has 0 bridgehead atoms. The van der Waals surface area contributed by atoms with Gasteiger partial charge < -0.3 is 9.88 Å². The summed E-state index contributed by atoms with van der Waals surface area (Å²) in [6.45, 7) is 3.49. The zero-order chi connectivity index (χ0) is 14.3. The first-order valence-corrected chi connectivity index (χ1v) is 6.31. The summed E-state index contributed by atoms with van der Waals surface area (Å²) in [6, 6.07) is 5.11. The van der Waals surface area contributed by atoms with Crippen molar-refractivity contribution < 1.29 is 13.2 Å². The first-order chi connectivity index (χ1) is 9.47. The second-order valence-electron chi connectivity index (χ2n) is 4.78. The third-order valence-electron chi connectivity index (χ3n) is 3.42. The summed E-state index contributed by atoms with van der Waals surface area (Å²) in [6.07, 6.45) is -4.32. The van der Waals surface area contributed by atoms with Crippen LogP contribution in [-0.4, -0.2) is 21.3 Å². The van der Waals surface area contributed by atoms with Crippen LogP contribution in [0.4, 0.5) is 13.2 Å². The van der Waals surface area contributed by atoms with E-state index < -0.39 is 11.7 Å². The van der Waals surface area contributed by atoms with Crippen molar-refractivity contribution in [3.63, 3.8) is 0 Å². The van der Waals surface area contributed by atoms with E-state index in [4.69, 9.17) is 0 Å². The molecular weight excluding hydrogens is 269 g/mol. The third kappa shape index (κ3) is 2.18. The van der Waals surface area contributed by atoms with E-state index in [0.29, 0.717) is 17.9 Å². The monoisotopic (exact) mass is 282 g/mol. The molecule has 3 rings (SSSR count). The van der Waals surface area contributed by atoms with Gasteiger partial charge in [-0.3, -0.25) is 0 Å². The largest absolute Gasteiger partial charge is 0.416 e. The molecule has 20 heavy (non-hydrogen) atoms. The molecule has 1 atom stereocenters. The Kier molecular flexibility index (Phi) is 3.01. The lowest BCUT2D eigenvalue weighted by molar-refractivity contribution is -0.137. The first-order valence-electron chi connectivity index (χ1n) is 6.31. The number of aromatic nitrogens is 3.